The van der Waals surface area contributed by atoms with Crippen molar-refractivity contribution in [1.29, 1.82) is 0 Å². The Kier molecular flexibility index (Phi) is 3.28. The Labute approximate surface area is 108 Å². The topological polar surface area (TPSA) is 36.4 Å². The molecule has 4 nitrogen and oxygen atoms in total. The standard InChI is InChI=1S/C14H19N3O/c18-14(13-5-1-2-7-15-13)17-10-6-12(11-17)16-8-3-4-9-16/h1-2,5,7,12H,3-4,6,8-11H2. The first kappa shape index (κ1) is 11.7. The molecule has 1 aromatic rings. The third-order valence-electron chi connectivity index (χ3n) is 3.99. The van der Waals surface area contributed by atoms with E-state index in [2.05, 4.69) is 9.88 Å². The van der Waals surface area contributed by atoms with E-state index in [4.69, 9.17) is 0 Å². The van der Waals surface area contributed by atoms with Crippen molar-refractivity contribution >= 4 is 5.91 Å². The molecule has 0 aromatic carbocycles. The van der Waals surface area contributed by atoms with E-state index in [1.165, 1.54) is 25.9 Å². The van der Waals surface area contributed by atoms with E-state index in [0.717, 1.165) is 19.5 Å². The maximum Gasteiger partial charge on any atom is 0.272 e. The van der Waals surface area contributed by atoms with Gasteiger partial charge in [0.15, 0.2) is 0 Å². The van der Waals surface area contributed by atoms with Crippen molar-refractivity contribution in [1.82, 2.24) is 14.8 Å². The highest BCUT2D eigenvalue weighted by molar-refractivity contribution is 5.92. The Hall–Kier alpha value is -1.42. The van der Waals surface area contributed by atoms with Crippen LogP contribution in [0, 0.1) is 0 Å². The predicted molar refractivity (Wildman–Crippen MR) is 69.4 cm³/mol. The molecule has 18 heavy (non-hydrogen) atoms. The average molecular weight is 245 g/mol. The Bertz CT molecular complexity index is 414. The van der Waals surface area contributed by atoms with Crippen LogP contribution in [0.3, 0.4) is 0 Å². The normalized spacial score (nSPS) is 24.7. The minimum atomic E-state index is 0.0808. The summed E-state index contributed by atoms with van der Waals surface area (Å²) >= 11 is 0. The molecular weight excluding hydrogens is 226 g/mol. The molecule has 0 N–H and O–H groups in total. The number of likely N-dealkylation sites (tertiary alicyclic amines) is 2. The van der Waals surface area contributed by atoms with Crippen LogP contribution >= 0.6 is 0 Å². The molecule has 4 heteroatoms. The summed E-state index contributed by atoms with van der Waals surface area (Å²) < 4.78 is 0. The van der Waals surface area contributed by atoms with Gasteiger partial charge in [0, 0.05) is 25.3 Å². The summed E-state index contributed by atoms with van der Waals surface area (Å²) in [6.45, 7) is 4.15. The lowest BCUT2D eigenvalue weighted by molar-refractivity contribution is 0.0774. The van der Waals surface area contributed by atoms with Gasteiger partial charge in [0.1, 0.15) is 5.69 Å². The summed E-state index contributed by atoms with van der Waals surface area (Å²) in [6, 6.07) is 6.08. The van der Waals surface area contributed by atoms with Crippen LogP contribution in [0.25, 0.3) is 0 Å². The van der Waals surface area contributed by atoms with E-state index in [9.17, 15) is 4.79 Å². The van der Waals surface area contributed by atoms with Crippen molar-refractivity contribution in [2.24, 2.45) is 0 Å². The second-order valence-electron chi connectivity index (χ2n) is 5.15. The lowest BCUT2D eigenvalue weighted by Gasteiger charge is -2.23. The van der Waals surface area contributed by atoms with E-state index < -0.39 is 0 Å². The summed E-state index contributed by atoms with van der Waals surface area (Å²) in [5, 5.41) is 0. The lowest BCUT2D eigenvalue weighted by Crippen LogP contribution is -2.37. The summed E-state index contributed by atoms with van der Waals surface area (Å²) in [4.78, 5) is 20.9. The van der Waals surface area contributed by atoms with E-state index in [0.29, 0.717) is 11.7 Å². The minimum absolute atomic E-state index is 0.0808. The van der Waals surface area contributed by atoms with Crippen molar-refractivity contribution in [2.75, 3.05) is 26.2 Å². The van der Waals surface area contributed by atoms with Crippen LogP contribution in [0.4, 0.5) is 0 Å². The quantitative estimate of drug-likeness (QED) is 0.790. The van der Waals surface area contributed by atoms with Gasteiger partial charge in [-0.25, -0.2) is 0 Å². The van der Waals surface area contributed by atoms with E-state index >= 15 is 0 Å². The molecule has 2 aliphatic rings. The summed E-state index contributed by atoms with van der Waals surface area (Å²) in [5.41, 5.74) is 0.569. The molecule has 0 bridgehead atoms. The number of hydrogen-bond acceptors (Lipinski definition) is 3. The highest BCUT2D eigenvalue weighted by Gasteiger charge is 2.32. The highest BCUT2D eigenvalue weighted by Crippen LogP contribution is 2.21. The molecule has 2 saturated heterocycles. The Morgan fingerprint density at radius 2 is 2.06 bits per heavy atom. The largest absolute Gasteiger partial charge is 0.336 e. The van der Waals surface area contributed by atoms with Crippen LogP contribution in [0.15, 0.2) is 24.4 Å². The van der Waals surface area contributed by atoms with E-state index in [1.807, 2.05) is 17.0 Å². The number of aromatic nitrogens is 1. The maximum atomic E-state index is 12.3. The Balaban J connectivity index is 1.63. The van der Waals surface area contributed by atoms with Gasteiger partial charge in [0.25, 0.3) is 5.91 Å². The van der Waals surface area contributed by atoms with Crippen molar-refractivity contribution in [2.45, 2.75) is 25.3 Å². The zero-order chi connectivity index (χ0) is 12.4. The van der Waals surface area contributed by atoms with Crippen LogP contribution in [-0.2, 0) is 0 Å². The molecule has 3 rings (SSSR count). The van der Waals surface area contributed by atoms with Crippen molar-refractivity contribution in [3.8, 4) is 0 Å². The number of amides is 1. The molecule has 0 aliphatic carbocycles. The average Bonchev–Trinajstić information content (AvgIpc) is 3.09. The predicted octanol–water partition coefficient (Wildman–Crippen LogP) is 1.39. The first-order valence-corrected chi connectivity index (χ1v) is 6.79. The Morgan fingerprint density at radius 1 is 1.22 bits per heavy atom. The number of rotatable bonds is 2. The minimum Gasteiger partial charge on any atom is -0.336 e. The zero-order valence-corrected chi connectivity index (χ0v) is 10.6. The second-order valence-corrected chi connectivity index (χ2v) is 5.15. The monoisotopic (exact) mass is 245 g/mol. The van der Waals surface area contributed by atoms with Crippen molar-refractivity contribution in [3.63, 3.8) is 0 Å². The van der Waals surface area contributed by atoms with Crippen LogP contribution in [-0.4, -0.2) is 52.9 Å². The van der Waals surface area contributed by atoms with E-state index in [-0.39, 0.29) is 5.91 Å². The smallest absolute Gasteiger partial charge is 0.272 e. The van der Waals surface area contributed by atoms with Gasteiger partial charge in [0.2, 0.25) is 0 Å². The zero-order valence-electron chi connectivity index (χ0n) is 10.6. The third kappa shape index (κ3) is 2.25. The van der Waals surface area contributed by atoms with Crippen LogP contribution < -0.4 is 0 Å². The molecule has 1 unspecified atom stereocenters. The molecule has 0 radical (unpaired) electrons. The fraction of sp³-hybridized carbons (Fsp3) is 0.571. The first-order chi connectivity index (χ1) is 8.84. The van der Waals surface area contributed by atoms with Gasteiger partial charge in [-0.2, -0.15) is 0 Å². The first-order valence-electron chi connectivity index (χ1n) is 6.79. The fourth-order valence-corrected chi connectivity index (χ4v) is 2.98. The van der Waals surface area contributed by atoms with Gasteiger partial charge in [-0.3, -0.25) is 14.7 Å². The second kappa shape index (κ2) is 5.06. The third-order valence-corrected chi connectivity index (χ3v) is 3.99. The van der Waals surface area contributed by atoms with Gasteiger partial charge >= 0.3 is 0 Å². The maximum absolute atomic E-state index is 12.3. The SMILES string of the molecule is O=C(c1ccccn1)N1CCC(N2CCCC2)C1. The van der Waals surface area contributed by atoms with Crippen LogP contribution in [0.2, 0.25) is 0 Å². The van der Waals surface area contributed by atoms with Crippen LogP contribution in [0.5, 0.6) is 0 Å². The van der Waals surface area contributed by atoms with Gasteiger partial charge in [-0.1, -0.05) is 6.07 Å². The molecule has 1 aromatic heterocycles. The van der Waals surface area contributed by atoms with Crippen molar-refractivity contribution < 1.29 is 4.79 Å². The molecular formula is C14H19N3O. The molecule has 0 saturated carbocycles. The molecule has 0 spiro atoms. The van der Waals surface area contributed by atoms with E-state index in [1.54, 1.807) is 12.3 Å². The van der Waals surface area contributed by atoms with Gasteiger partial charge < -0.3 is 4.90 Å². The van der Waals surface area contributed by atoms with Crippen LogP contribution in [0.1, 0.15) is 29.8 Å². The highest BCUT2D eigenvalue weighted by atomic mass is 16.2. The molecule has 96 valence electrons. The molecule has 1 amide bonds. The molecule has 2 aliphatic heterocycles. The van der Waals surface area contributed by atoms with Gasteiger partial charge in [-0.15, -0.1) is 0 Å². The van der Waals surface area contributed by atoms with Crippen molar-refractivity contribution in [3.05, 3.63) is 30.1 Å². The number of pyridine rings is 1. The summed E-state index contributed by atoms with van der Waals surface area (Å²) in [7, 11) is 0. The summed E-state index contributed by atoms with van der Waals surface area (Å²) in [6.07, 6.45) is 5.41. The summed E-state index contributed by atoms with van der Waals surface area (Å²) in [5.74, 6) is 0.0808. The number of hydrogen-bond donors (Lipinski definition) is 0. The van der Waals surface area contributed by atoms with Gasteiger partial charge in [0.05, 0.1) is 0 Å². The lowest BCUT2D eigenvalue weighted by atomic mass is 10.2. The molecule has 3 heterocycles. The Morgan fingerprint density at radius 3 is 2.78 bits per heavy atom. The van der Waals surface area contributed by atoms with Gasteiger partial charge in [-0.05, 0) is 44.5 Å². The fourth-order valence-electron chi connectivity index (χ4n) is 2.98. The number of carbonyl (C=O) groups is 1. The number of nitrogens with zero attached hydrogens (tertiary/aromatic N) is 3. The molecule has 1 atom stereocenters. The number of carbonyl (C=O) groups excluding carboxylic acids is 1. The molecule has 2 fully saturated rings.